The Labute approximate surface area is 237 Å². The van der Waals surface area contributed by atoms with Crippen LogP contribution in [0.4, 0.5) is 4.39 Å². The zero-order valence-corrected chi connectivity index (χ0v) is 24.7. The summed E-state index contributed by atoms with van der Waals surface area (Å²) in [6.07, 6.45) is 3.53. The van der Waals surface area contributed by atoms with Crippen LogP contribution in [0.1, 0.15) is 55.6 Å². The lowest BCUT2D eigenvalue weighted by molar-refractivity contribution is -0.142. The number of aromatic nitrogens is 1. The Morgan fingerprint density at radius 1 is 1.07 bits per heavy atom. The highest BCUT2D eigenvalue weighted by Crippen LogP contribution is 2.34. The highest BCUT2D eigenvalue weighted by molar-refractivity contribution is 7.86. The van der Waals surface area contributed by atoms with E-state index in [9.17, 15) is 9.00 Å². The summed E-state index contributed by atoms with van der Waals surface area (Å²) in [5.74, 6) is 0.169. The van der Waals surface area contributed by atoms with Crippen LogP contribution in [-0.4, -0.2) is 32.3 Å². The van der Waals surface area contributed by atoms with Gasteiger partial charge < -0.3 is 13.9 Å². The van der Waals surface area contributed by atoms with E-state index in [1.54, 1.807) is 25.5 Å². The minimum Gasteiger partial charge on any atom is -0.489 e. The van der Waals surface area contributed by atoms with E-state index in [4.69, 9.17) is 13.9 Å². The van der Waals surface area contributed by atoms with Gasteiger partial charge in [0.2, 0.25) is 0 Å². The van der Waals surface area contributed by atoms with Crippen LogP contribution in [-0.2, 0) is 39.8 Å². The van der Waals surface area contributed by atoms with Crippen LogP contribution in [0.25, 0.3) is 22.1 Å². The van der Waals surface area contributed by atoms with Crippen molar-refractivity contribution in [2.75, 3.05) is 12.4 Å². The SMILES string of the molecule is CCOC(=O)Cc1cc(C)c(C)cc1OCc1cc(-c2ccnc(CC[S@@](=O)C(C)(C)C)c2F)c2occc2c1. The molecule has 0 spiro atoms. The summed E-state index contributed by atoms with van der Waals surface area (Å²) < 4.78 is 45.0. The van der Waals surface area contributed by atoms with Crippen molar-refractivity contribution in [1.29, 1.82) is 0 Å². The number of furan rings is 1. The van der Waals surface area contributed by atoms with Crippen LogP contribution in [0.15, 0.2) is 53.3 Å². The van der Waals surface area contributed by atoms with Gasteiger partial charge >= 0.3 is 5.97 Å². The number of carbonyl (C=O) groups excluding carboxylic acids is 1. The second kappa shape index (κ2) is 12.3. The number of carbonyl (C=O) groups is 1. The smallest absolute Gasteiger partial charge is 0.310 e. The maximum absolute atomic E-state index is 15.8. The van der Waals surface area contributed by atoms with Gasteiger partial charge in [-0.3, -0.25) is 14.0 Å². The maximum atomic E-state index is 15.8. The summed E-state index contributed by atoms with van der Waals surface area (Å²) in [7, 11) is -1.12. The average molecular weight is 566 g/mol. The first-order valence-electron chi connectivity index (χ1n) is 13.4. The largest absolute Gasteiger partial charge is 0.489 e. The number of esters is 1. The lowest BCUT2D eigenvalue weighted by Gasteiger charge is -2.17. The van der Waals surface area contributed by atoms with Crippen LogP contribution >= 0.6 is 0 Å². The molecule has 4 rings (SSSR count). The van der Waals surface area contributed by atoms with Crippen LogP contribution in [0, 0.1) is 19.7 Å². The second-order valence-corrected chi connectivity index (χ2v) is 13.2. The van der Waals surface area contributed by atoms with Crippen LogP contribution in [0.2, 0.25) is 0 Å². The molecule has 0 unspecified atom stereocenters. The van der Waals surface area contributed by atoms with Crippen molar-refractivity contribution >= 4 is 27.7 Å². The molecule has 0 saturated carbocycles. The Hall–Kier alpha value is -3.52. The summed E-state index contributed by atoms with van der Waals surface area (Å²) >= 11 is 0. The van der Waals surface area contributed by atoms with Crippen LogP contribution < -0.4 is 4.74 Å². The van der Waals surface area contributed by atoms with E-state index in [0.29, 0.717) is 34.8 Å². The van der Waals surface area contributed by atoms with Crippen molar-refractivity contribution in [2.45, 2.75) is 65.7 Å². The van der Waals surface area contributed by atoms with Gasteiger partial charge in [0.05, 0.1) is 25.0 Å². The summed E-state index contributed by atoms with van der Waals surface area (Å²) in [5.41, 5.74) is 5.46. The molecule has 212 valence electrons. The number of ether oxygens (including phenoxy) is 2. The minimum atomic E-state index is -1.12. The molecule has 2 heterocycles. The molecule has 8 heteroatoms. The Bertz CT molecular complexity index is 1550. The molecule has 0 amide bonds. The average Bonchev–Trinajstić information content (AvgIpc) is 3.37. The van der Waals surface area contributed by atoms with E-state index in [2.05, 4.69) is 4.98 Å². The molecule has 40 heavy (non-hydrogen) atoms. The molecule has 2 aromatic heterocycles. The molecule has 0 aliphatic rings. The van der Waals surface area contributed by atoms with Crippen molar-refractivity contribution in [3.8, 4) is 16.9 Å². The predicted molar refractivity (Wildman–Crippen MR) is 156 cm³/mol. The van der Waals surface area contributed by atoms with Gasteiger partial charge in [-0.05, 0) is 88.6 Å². The zero-order chi connectivity index (χ0) is 29.0. The van der Waals surface area contributed by atoms with E-state index >= 15 is 4.39 Å². The fourth-order valence-corrected chi connectivity index (χ4v) is 5.43. The molecule has 6 nitrogen and oxygen atoms in total. The second-order valence-electron chi connectivity index (χ2n) is 10.8. The Balaban J connectivity index is 1.64. The first-order valence-corrected chi connectivity index (χ1v) is 14.7. The fourth-order valence-electron chi connectivity index (χ4n) is 4.44. The molecule has 4 aromatic rings. The zero-order valence-electron chi connectivity index (χ0n) is 23.9. The Morgan fingerprint density at radius 2 is 1.82 bits per heavy atom. The summed E-state index contributed by atoms with van der Waals surface area (Å²) in [6, 6.07) is 11.1. The normalized spacial score (nSPS) is 12.5. The first-order chi connectivity index (χ1) is 19.0. The van der Waals surface area contributed by atoms with Gasteiger partial charge in [0.1, 0.15) is 17.9 Å². The summed E-state index contributed by atoms with van der Waals surface area (Å²) in [5, 5.41) is 0.814. The third-order valence-electron chi connectivity index (χ3n) is 6.78. The molecule has 0 aliphatic carbocycles. The Kier molecular flexibility index (Phi) is 9.08. The van der Waals surface area contributed by atoms with E-state index in [1.807, 2.05) is 65.0 Å². The summed E-state index contributed by atoms with van der Waals surface area (Å²) in [4.78, 5) is 16.4. The lowest BCUT2D eigenvalue weighted by Crippen LogP contribution is -2.25. The van der Waals surface area contributed by atoms with Gasteiger partial charge in [-0.2, -0.15) is 0 Å². The van der Waals surface area contributed by atoms with Crippen LogP contribution in [0.3, 0.4) is 0 Å². The van der Waals surface area contributed by atoms with E-state index in [1.165, 1.54) is 0 Å². The molecule has 2 aromatic carbocycles. The molecule has 0 bridgehead atoms. The minimum absolute atomic E-state index is 0.112. The van der Waals surface area contributed by atoms with Crippen molar-refractivity contribution in [1.82, 2.24) is 4.98 Å². The van der Waals surface area contributed by atoms with Crippen molar-refractivity contribution < 1.29 is 27.3 Å². The van der Waals surface area contributed by atoms with Gasteiger partial charge in [0.15, 0.2) is 5.82 Å². The van der Waals surface area contributed by atoms with Crippen molar-refractivity contribution in [2.24, 2.45) is 0 Å². The van der Waals surface area contributed by atoms with Crippen molar-refractivity contribution in [3.63, 3.8) is 0 Å². The van der Waals surface area contributed by atoms with E-state index < -0.39 is 16.6 Å². The predicted octanol–water partition coefficient (Wildman–Crippen LogP) is 7.03. The molecular formula is C32H36FNO5S. The number of nitrogens with zero attached hydrogens (tertiary/aromatic N) is 1. The third kappa shape index (κ3) is 6.78. The molecule has 0 radical (unpaired) electrons. The standard InChI is InChI=1S/C32H36FNO5S/c1-7-37-29(35)18-24-14-20(2)21(3)15-28(24)39-19-22-16-23-9-12-38-31(23)26(17-22)25-8-11-34-27(30(25)33)10-13-40(36)32(4,5)6/h8-9,11-12,14-17H,7,10,13,18-19H2,1-6H3/t40-/m1/s1. The number of aryl methyl sites for hydroxylation is 3. The topological polar surface area (TPSA) is 78.6 Å². The van der Waals surface area contributed by atoms with Gasteiger partial charge in [-0.1, -0.05) is 6.07 Å². The van der Waals surface area contributed by atoms with E-state index in [-0.39, 0.29) is 35.9 Å². The number of hydrogen-bond acceptors (Lipinski definition) is 6. The van der Waals surface area contributed by atoms with Gasteiger partial charge in [0, 0.05) is 56.0 Å². The lowest BCUT2D eigenvalue weighted by atomic mass is 9.99. The number of rotatable bonds is 10. The Morgan fingerprint density at radius 3 is 2.55 bits per heavy atom. The number of halogens is 1. The van der Waals surface area contributed by atoms with Gasteiger partial charge in [0.25, 0.3) is 0 Å². The molecular weight excluding hydrogens is 529 g/mol. The van der Waals surface area contributed by atoms with Crippen molar-refractivity contribution in [3.05, 3.63) is 82.6 Å². The number of fused-ring (bicyclic) bond motifs is 1. The summed E-state index contributed by atoms with van der Waals surface area (Å²) in [6.45, 7) is 12.0. The maximum Gasteiger partial charge on any atom is 0.310 e. The monoisotopic (exact) mass is 565 g/mol. The van der Waals surface area contributed by atoms with Crippen LogP contribution in [0.5, 0.6) is 5.75 Å². The third-order valence-corrected chi connectivity index (χ3v) is 8.72. The number of pyridine rings is 1. The number of hydrogen-bond donors (Lipinski definition) is 0. The first kappa shape index (κ1) is 29.5. The van der Waals surface area contributed by atoms with E-state index in [0.717, 1.165) is 27.6 Å². The fraction of sp³-hybridized carbons (Fsp3) is 0.375. The highest BCUT2D eigenvalue weighted by atomic mass is 32.2. The van der Waals surface area contributed by atoms with Gasteiger partial charge in [-0.15, -0.1) is 0 Å². The molecule has 0 aliphatic heterocycles. The number of benzene rings is 2. The van der Waals surface area contributed by atoms with Gasteiger partial charge in [-0.25, -0.2) is 4.39 Å². The molecule has 0 N–H and O–H groups in total. The highest BCUT2D eigenvalue weighted by Gasteiger charge is 2.22. The quantitative estimate of drug-likeness (QED) is 0.192. The molecule has 0 saturated heterocycles. The molecule has 0 fully saturated rings. The molecule has 1 atom stereocenters.